The second-order valence-corrected chi connectivity index (χ2v) is 6.74. The van der Waals surface area contributed by atoms with E-state index in [-0.39, 0.29) is 38.2 Å². The smallest absolute Gasteiger partial charge is 0.338 e. The highest BCUT2D eigenvalue weighted by atomic mass is 16.6. The molecule has 0 aliphatic carbocycles. The number of cyclic esters (lactones) is 2. The monoisotopic (exact) mass is 616 g/mol. The summed E-state index contributed by atoms with van der Waals surface area (Å²) in [6, 6.07) is 0. The summed E-state index contributed by atoms with van der Waals surface area (Å²) in [6.07, 6.45) is 9.23. The Hall–Kier alpha value is -5.05. The number of carboxylic acids is 3. The van der Waals surface area contributed by atoms with Crippen LogP contribution < -0.4 is 5.73 Å². The van der Waals surface area contributed by atoms with Crippen molar-refractivity contribution in [3.05, 3.63) is 48.6 Å². The van der Waals surface area contributed by atoms with Gasteiger partial charge in [0.1, 0.15) is 0 Å². The molecule has 15 heteroatoms. The number of carbonyl (C=O) groups excluding carboxylic acids is 6. The van der Waals surface area contributed by atoms with E-state index in [0.717, 1.165) is 49.9 Å². The molecule has 0 bridgehead atoms. The first-order chi connectivity index (χ1) is 19.0. The van der Waals surface area contributed by atoms with Gasteiger partial charge in [0.25, 0.3) is 17.8 Å². The van der Waals surface area contributed by atoms with Crippen LogP contribution in [-0.4, -0.2) is 86.5 Å². The molecule has 0 aromatic rings. The van der Waals surface area contributed by atoms with Gasteiger partial charge in [-0.3, -0.25) is 28.9 Å². The molecule has 2 aliphatic rings. The molecule has 244 valence electrons. The lowest BCUT2D eigenvalue weighted by Gasteiger charge is -2.08. The molecule has 2 aliphatic heterocycles. The van der Waals surface area contributed by atoms with Crippen molar-refractivity contribution in [2.24, 2.45) is 5.73 Å². The minimum atomic E-state index is -1.09. The quantitative estimate of drug-likeness (QED) is 0.138. The topological polar surface area (TPSA) is 253 Å². The number of carbonyl (C=O) groups is 9. The van der Waals surface area contributed by atoms with Gasteiger partial charge in [0.05, 0.1) is 0 Å². The van der Waals surface area contributed by atoms with Crippen LogP contribution in [0.15, 0.2) is 48.6 Å². The third kappa shape index (κ3) is 41.6. The Balaban J connectivity index is -0.0000000977. The fourth-order valence-electron chi connectivity index (χ4n) is 1.61. The van der Waals surface area contributed by atoms with Crippen LogP contribution in [0.25, 0.3) is 0 Å². The normalized spacial score (nSPS) is 11.7. The molecule has 15 nitrogen and oxygen atoms in total. The number of ketones is 2. The largest absolute Gasteiger partial charge is 0.481 e. The Morgan fingerprint density at radius 3 is 1.12 bits per heavy atom. The van der Waals surface area contributed by atoms with Crippen LogP contribution in [0.4, 0.5) is 0 Å². The number of amides is 2. The maximum absolute atomic E-state index is 10.6. The zero-order valence-corrected chi connectivity index (χ0v) is 23.4. The maximum atomic E-state index is 10.6. The molecule has 0 radical (unpaired) electrons. The summed E-state index contributed by atoms with van der Waals surface area (Å²) in [5, 5.41) is 23.5. The second-order valence-electron chi connectivity index (χ2n) is 6.74. The van der Waals surface area contributed by atoms with Gasteiger partial charge in [-0.25, -0.2) is 19.2 Å². The average Bonchev–Trinajstić information content (AvgIpc) is 3.43. The number of rotatable bonds is 7. The van der Waals surface area contributed by atoms with Gasteiger partial charge in [-0.05, 0) is 25.6 Å². The standard InChI is InChI=1S/C6H7NO2.2C6H8O3.C4H2O3.C2H7N.C2H4O2.2CH4/c1-2-7-5(8)3-4-6(7)9;2*1-2-5(7)3-4-6(8)9;5-3-1-2-4(6)7-3;1-2-3;1-2(3)4;;/h3-4H,2H2,1H3;2*3-4H,2H2,1H3,(H,8,9);1-2H;2-3H2,1H3;1H3,(H,3,4);2*1H4/b;2*4-3-;;;;;. The van der Waals surface area contributed by atoms with E-state index in [1.165, 1.54) is 17.1 Å². The van der Waals surface area contributed by atoms with Crippen LogP contribution in [-0.2, 0) is 47.9 Å². The summed E-state index contributed by atoms with van der Waals surface area (Å²) in [4.78, 5) is 91.6. The highest BCUT2D eigenvalue weighted by Crippen LogP contribution is 2.00. The van der Waals surface area contributed by atoms with E-state index >= 15 is 0 Å². The number of carboxylic acid groups (broad SMARTS) is 3. The molecule has 0 saturated carbocycles. The second kappa shape index (κ2) is 33.2. The van der Waals surface area contributed by atoms with Crippen molar-refractivity contribution in [3.8, 4) is 0 Å². The van der Waals surface area contributed by atoms with Crippen molar-refractivity contribution >= 4 is 53.2 Å². The van der Waals surface area contributed by atoms with Gasteiger partial charge >= 0.3 is 23.9 Å². The maximum Gasteiger partial charge on any atom is 0.338 e. The van der Waals surface area contributed by atoms with E-state index in [1.54, 1.807) is 20.8 Å². The summed E-state index contributed by atoms with van der Waals surface area (Å²) in [5.41, 5.74) is 4.85. The van der Waals surface area contributed by atoms with E-state index in [4.69, 9.17) is 25.8 Å². The van der Waals surface area contributed by atoms with Crippen molar-refractivity contribution in [1.29, 1.82) is 0 Å². The number of hydrogen-bond acceptors (Lipinski definition) is 11. The van der Waals surface area contributed by atoms with Crippen LogP contribution in [0.5, 0.6) is 0 Å². The molecule has 0 atom stereocenters. The lowest BCUT2D eigenvalue weighted by Crippen LogP contribution is -2.29. The fourth-order valence-corrected chi connectivity index (χ4v) is 1.61. The Morgan fingerprint density at radius 1 is 0.698 bits per heavy atom. The fraction of sp³-hybridized carbons (Fsp3) is 0.393. The van der Waals surface area contributed by atoms with E-state index in [9.17, 15) is 38.4 Å². The summed E-state index contributed by atoms with van der Waals surface area (Å²) in [7, 11) is 0. The van der Waals surface area contributed by atoms with Crippen LogP contribution in [0.2, 0.25) is 0 Å². The number of imide groups is 1. The predicted octanol–water partition coefficient (Wildman–Crippen LogP) is 2.10. The van der Waals surface area contributed by atoms with Gasteiger partial charge < -0.3 is 25.8 Å². The molecule has 0 aromatic carbocycles. The average molecular weight is 617 g/mol. The van der Waals surface area contributed by atoms with Crippen LogP contribution in [0.1, 0.15) is 62.3 Å². The van der Waals surface area contributed by atoms with Crippen molar-refractivity contribution in [1.82, 2.24) is 4.90 Å². The SMILES string of the molecule is C.C.CC(=O)O.CCC(=O)/C=C\C(=O)O.CCC(=O)/C=C\C(=O)O.CCN.CCN1C(=O)C=CC1=O.O=C1C=CC(=O)O1. The Bertz CT molecular complexity index is 965. The van der Waals surface area contributed by atoms with E-state index in [1.807, 2.05) is 6.92 Å². The minimum absolute atomic E-state index is 0. The first kappa shape index (κ1) is 50.8. The van der Waals surface area contributed by atoms with Gasteiger partial charge in [-0.15, -0.1) is 0 Å². The number of ether oxygens (including phenoxy) is 1. The number of allylic oxidation sites excluding steroid dienone is 2. The number of aliphatic carboxylic acids is 3. The number of nitrogens with zero attached hydrogens (tertiary/aromatic N) is 1. The van der Waals surface area contributed by atoms with Crippen LogP contribution in [0, 0.1) is 0 Å². The van der Waals surface area contributed by atoms with Crippen molar-refractivity contribution in [2.75, 3.05) is 13.1 Å². The molecular formula is C28H44N2O13. The summed E-state index contributed by atoms with van der Waals surface area (Å²) in [6.45, 7) is 9.32. The van der Waals surface area contributed by atoms with Crippen molar-refractivity contribution < 1.29 is 63.2 Å². The predicted molar refractivity (Wildman–Crippen MR) is 157 cm³/mol. The number of esters is 2. The zero-order chi connectivity index (χ0) is 33.0. The highest BCUT2D eigenvalue weighted by molar-refractivity contribution is 6.12. The lowest BCUT2D eigenvalue weighted by molar-refractivity contribution is -0.150. The van der Waals surface area contributed by atoms with E-state index in [0.29, 0.717) is 19.4 Å². The third-order valence-electron chi connectivity index (χ3n) is 3.29. The van der Waals surface area contributed by atoms with Crippen LogP contribution in [0.3, 0.4) is 0 Å². The molecule has 0 aromatic heterocycles. The lowest BCUT2D eigenvalue weighted by atomic mass is 10.3. The van der Waals surface area contributed by atoms with Crippen molar-refractivity contribution in [3.63, 3.8) is 0 Å². The molecule has 0 unspecified atom stereocenters. The number of likely N-dealkylation sites (N-methyl/N-ethyl adjacent to an activating group) is 1. The van der Waals surface area contributed by atoms with E-state index < -0.39 is 29.8 Å². The third-order valence-corrected chi connectivity index (χ3v) is 3.29. The number of hydrogen-bond donors (Lipinski definition) is 4. The van der Waals surface area contributed by atoms with Gasteiger partial charge in [-0.1, -0.05) is 35.6 Å². The highest BCUT2D eigenvalue weighted by Gasteiger charge is 2.20. The van der Waals surface area contributed by atoms with Crippen LogP contribution >= 0.6 is 0 Å². The molecule has 2 amide bonds. The van der Waals surface area contributed by atoms with Gasteiger partial charge in [0.2, 0.25) is 0 Å². The molecule has 5 N–H and O–H groups in total. The van der Waals surface area contributed by atoms with E-state index in [2.05, 4.69) is 4.74 Å². The molecule has 0 spiro atoms. The van der Waals surface area contributed by atoms with Gasteiger partial charge in [0, 0.05) is 62.8 Å². The first-order valence-electron chi connectivity index (χ1n) is 11.8. The Labute approximate surface area is 251 Å². The van der Waals surface area contributed by atoms with Gasteiger partial charge in [0.15, 0.2) is 11.6 Å². The van der Waals surface area contributed by atoms with Crippen molar-refractivity contribution in [2.45, 2.75) is 62.3 Å². The Kier molecular flexibility index (Phi) is 39.1. The summed E-state index contributed by atoms with van der Waals surface area (Å²) >= 11 is 0. The minimum Gasteiger partial charge on any atom is -0.481 e. The molecule has 2 heterocycles. The molecule has 43 heavy (non-hydrogen) atoms. The summed E-state index contributed by atoms with van der Waals surface area (Å²) < 4.78 is 3.97. The molecular weight excluding hydrogens is 572 g/mol. The zero-order valence-electron chi connectivity index (χ0n) is 23.4. The first-order valence-corrected chi connectivity index (χ1v) is 11.8. The number of nitrogens with two attached hydrogens (primary N) is 1. The molecule has 0 fully saturated rings. The molecule has 0 saturated heterocycles. The Morgan fingerprint density at radius 2 is 0.977 bits per heavy atom. The summed E-state index contributed by atoms with van der Waals surface area (Å²) in [5.74, 6) is -4.91. The molecule has 2 rings (SSSR count). The van der Waals surface area contributed by atoms with Gasteiger partial charge in [-0.2, -0.15) is 0 Å².